The molecule has 0 saturated carbocycles. The number of pyridine rings is 1. The Bertz CT molecular complexity index is 1200. The number of allylic oxidation sites excluding steroid dienone is 1. The zero-order valence-corrected chi connectivity index (χ0v) is 17.3. The minimum atomic E-state index is -3.94. The van der Waals surface area contributed by atoms with Crippen molar-refractivity contribution in [3.63, 3.8) is 0 Å². The Morgan fingerprint density at radius 3 is 2.58 bits per heavy atom. The van der Waals surface area contributed by atoms with E-state index in [4.69, 9.17) is 20.1 Å². The lowest BCUT2D eigenvalue weighted by Crippen LogP contribution is -2.58. The number of hydrogen-bond acceptors (Lipinski definition) is 12. The Kier molecular flexibility index (Phi) is 6.71. The van der Waals surface area contributed by atoms with Crippen LogP contribution in [0.25, 0.3) is 10.9 Å². The monoisotopic (exact) mass is 459 g/mol. The van der Waals surface area contributed by atoms with Gasteiger partial charge in [0.15, 0.2) is 0 Å². The van der Waals surface area contributed by atoms with Gasteiger partial charge in [-0.25, -0.2) is 0 Å². The first-order chi connectivity index (χ1) is 15.5. The van der Waals surface area contributed by atoms with Crippen LogP contribution in [0.4, 0.5) is 5.69 Å². The molecule has 0 aliphatic heterocycles. The molecule has 0 spiro atoms. The lowest BCUT2D eigenvalue weighted by atomic mass is 10.2. The number of nitrogens with one attached hydrogen (secondary N) is 1. The first-order valence-electron chi connectivity index (χ1n) is 9.30. The van der Waals surface area contributed by atoms with Crippen LogP contribution >= 0.6 is 0 Å². The van der Waals surface area contributed by atoms with Crippen molar-refractivity contribution in [2.75, 3.05) is 12.0 Å². The predicted octanol–water partition coefficient (Wildman–Crippen LogP) is -0.782. The van der Waals surface area contributed by atoms with Gasteiger partial charge in [0.05, 0.1) is 23.6 Å². The molecule has 2 aromatic heterocycles. The maximum atomic E-state index is 12.1. The highest BCUT2D eigenvalue weighted by molar-refractivity contribution is 6.44. The number of anilines is 1. The summed E-state index contributed by atoms with van der Waals surface area (Å²) < 4.78 is 11.8. The van der Waals surface area contributed by atoms with Gasteiger partial charge >= 0.3 is 11.9 Å². The molecule has 6 N–H and O–H groups in total. The van der Waals surface area contributed by atoms with Gasteiger partial charge in [-0.1, -0.05) is 6.58 Å². The number of carbonyl (C=O) groups is 1. The fourth-order valence-corrected chi connectivity index (χ4v) is 2.51. The average molecular weight is 459 g/mol. The molecule has 3 rings (SSSR count). The predicted molar refractivity (Wildman–Crippen MR) is 114 cm³/mol. The van der Waals surface area contributed by atoms with Crippen molar-refractivity contribution in [1.82, 2.24) is 14.8 Å². The molecule has 0 unspecified atom stereocenters. The van der Waals surface area contributed by atoms with Gasteiger partial charge in [0.25, 0.3) is 0 Å². The zero-order valence-electron chi connectivity index (χ0n) is 17.3. The molecule has 0 fully saturated rings. The van der Waals surface area contributed by atoms with Gasteiger partial charge in [-0.15, -0.1) is 0 Å². The first-order valence-corrected chi connectivity index (χ1v) is 9.30. The second-order valence-corrected chi connectivity index (χ2v) is 6.80. The lowest BCUT2D eigenvalue weighted by Gasteiger charge is -2.29. The second-order valence-electron chi connectivity index (χ2n) is 6.80. The number of ketones is 1. The fraction of sp³-hybridized carbons (Fsp3) is 0.200. The molecule has 13 heteroatoms. The molecule has 0 aliphatic carbocycles. The van der Waals surface area contributed by atoms with Crippen LogP contribution in [0.5, 0.6) is 11.5 Å². The third-order valence-electron chi connectivity index (χ3n) is 4.19. The molecule has 33 heavy (non-hydrogen) atoms. The third-order valence-corrected chi connectivity index (χ3v) is 4.19. The molecule has 0 radical (unpaired) electrons. The summed E-state index contributed by atoms with van der Waals surface area (Å²) in [7, 11) is 1.73. The fourth-order valence-electron chi connectivity index (χ4n) is 2.51. The van der Waals surface area contributed by atoms with E-state index in [0.717, 1.165) is 12.3 Å². The van der Waals surface area contributed by atoms with Gasteiger partial charge in [-0.3, -0.25) is 19.9 Å². The van der Waals surface area contributed by atoms with Crippen molar-refractivity contribution in [3.8, 4) is 11.5 Å². The highest BCUT2D eigenvalue weighted by Crippen LogP contribution is 2.26. The van der Waals surface area contributed by atoms with E-state index in [9.17, 15) is 15.0 Å². The number of aliphatic hydroxyl groups is 5. The molecule has 0 saturated heterocycles. The van der Waals surface area contributed by atoms with Crippen LogP contribution in [-0.2, 0) is 11.8 Å². The van der Waals surface area contributed by atoms with Crippen LogP contribution in [0.3, 0.4) is 0 Å². The molecule has 1 aromatic carbocycles. The van der Waals surface area contributed by atoms with E-state index in [1.807, 2.05) is 0 Å². The van der Waals surface area contributed by atoms with Crippen molar-refractivity contribution in [1.29, 1.82) is 0 Å². The minimum absolute atomic E-state index is 0.0414. The number of carbonyl (C=O) groups excluding carboxylic acids is 1. The highest BCUT2D eigenvalue weighted by Gasteiger charge is 2.50. The molecular weight excluding hydrogens is 438 g/mol. The van der Waals surface area contributed by atoms with Gasteiger partial charge in [0.1, 0.15) is 23.8 Å². The van der Waals surface area contributed by atoms with E-state index < -0.39 is 17.7 Å². The first kappa shape index (κ1) is 23.8. The number of benzene rings is 1. The number of nitrogens with zero attached hydrogens (tertiary/aromatic N) is 4. The van der Waals surface area contributed by atoms with E-state index in [-0.39, 0.29) is 18.1 Å². The van der Waals surface area contributed by atoms with E-state index >= 15 is 0 Å². The van der Waals surface area contributed by atoms with Crippen LogP contribution in [0.1, 0.15) is 0 Å². The summed E-state index contributed by atoms with van der Waals surface area (Å²) in [5.74, 6) is -8.09. The largest absolute Gasteiger partial charge is 0.487 e. The highest BCUT2D eigenvalue weighted by atomic mass is 16.8. The SMILES string of the molecule is C=CC(=O)/C(COc1ccc2ncc(OC(O)(O)C(O)(O)O)cc2c1)=N\Nc1cnn(C)c1. The molecule has 0 aliphatic rings. The average Bonchev–Trinajstić information content (AvgIpc) is 3.17. The summed E-state index contributed by atoms with van der Waals surface area (Å²) in [5.41, 5.74) is 3.78. The topological polar surface area (TPSA) is 192 Å². The van der Waals surface area contributed by atoms with Gasteiger partial charge in [-0.05, 0) is 30.3 Å². The Balaban J connectivity index is 1.77. The number of hydrogen-bond donors (Lipinski definition) is 6. The van der Waals surface area contributed by atoms with Crippen molar-refractivity contribution in [2.45, 2.75) is 11.9 Å². The molecule has 0 amide bonds. The molecule has 3 aromatic rings. The summed E-state index contributed by atoms with van der Waals surface area (Å²) in [6.45, 7) is 3.24. The van der Waals surface area contributed by atoms with Crippen LogP contribution in [-0.4, -0.2) is 70.3 Å². The van der Waals surface area contributed by atoms with E-state index in [2.05, 4.69) is 31.9 Å². The van der Waals surface area contributed by atoms with Gasteiger partial charge < -0.3 is 35.0 Å². The van der Waals surface area contributed by atoms with Crippen LogP contribution in [0, 0.1) is 0 Å². The Morgan fingerprint density at radius 2 is 1.94 bits per heavy atom. The van der Waals surface area contributed by atoms with E-state index in [1.165, 1.54) is 18.3 Å². The summed E-state index contributed by atoms with van der Waals surface area (Å²) in [5, 5.41) is 54.2. The van der Waals surface area contributed by atoms with Crippen LogP contribution in [0.15, 0.2) is 60.6 Å². The zero-order chi connectivity index (χ0) is 24.2. The molecular formula is C20H21N5O8. The van der Waals surface area contributed by atoms with Crippen LogP contribution in [0.2, 0.25) is 0 Å². The number of hydrazone groups is 1. The van der Waals surface area contributed by atoms with E-state index in [1.54, 1.807) is 30.1 Å². The van der Waals surface area contributed by atoms with Crippen molar-refractivity contribution in [2.24, 2.45) is 12.1 Å². The molecule has 13 nitrogen and oxygen atoms in total. The van der Waals surface area contributed by atoms with Crippen LogP contribution < -0.4 is 14.9 Å². The smallest absolute Gasteiger partial charge is 0.409 e. The normalized spacial score (nSPS) is 12.5. The summed E-state index contributed by atoms with van der Waals surface area (Å²) in [6.07, 6.45) is 5.37. The maximum absolute atomic E-state index is 12.1. The maximum Gasteiger partial charge on any atom is 0.409 e. The number of rotatable bonds is 10. The summed E-state index contributed by atoms with van der Waals surface area (Å²) in [4.78, 5) is 16.1. The summed E-state index contributed by atoms with van der Waals surface area (Å²) >= 11 is 0. The number of ether oxygens (including phenoxy) is 2. The number of aryl methyl sites for hydroxylation is 1. The lowest BCUT2D eigenvalue weighted by molar-refractivity contribution is -0.502. The molecule has 2 heterocycles. The Hall–Kier alpha value is -3.88. The van der Waals surface area contributed by atoms with Gasteiger partial charge in [0.2, 0.25) is 5.78 Å². The van der Waals surface area contributed by atoms with E-state index in [0.29, 0.717) is 22.3 Å². The standard InChI is InChI=1S/C20H21N5O8/c1-3-18(26)17(24-23-13-8-22-25(2)10-13)11-32-14-4-5-16-12(6-14)7-15(9-21-16)33-20(30,31)19(27,28)29/h3-10,23,27-31H,1,11H2,2H3/b24-17-. The molecule has 0 bridgehead atoms. The number of aromatic nitrogens is 3. The quantitative estimate of drug-likeness (QED) is 0.0964. The van der Waals surface area contributed by atoms with Crippen molar-refractivity contribution in [3.05, 3.63) is 55.5 Å². The Morgan fingerprint density at radius 1 is 1.21 bits per heavy atom. The van der Waals surface area contributed by atoms with Gasteiger partial charge in [0, 0.05) is 18.6 Å². The Labute approximate surface area is 186 Å². The molecule has 174 valence electrons. The van der Waals surface area contributed by atoms with Crippen molar-refractivity contribution >= 4 is 28.1 Å². The van der Waals surface area contributed by atoms with Gasteiger partial charge in [-0.2, -0.15) is 10.2 Å². The third kappa shape index (κ3) is 5.88. The minimum Gasteiger partial charge on any atom is -0.487 e. The summed E-state index contributed by atoms with van der Waals surface area (Å²) in [6, 6.07) is 5.98. The van der Waals surface area contributed by atoms with Crippen molar-refractivity contribution < 1.29 is 39.8 Å². The molecule has 0 atom stereocenters. The number of fused-ring (bicyclic) bond motifs is 1. The second kappa shape index (κ2) is 9.32.